The summed E-state index contributed by atoms with van der Waals surface area (Å²) in [6.45, 7) is 9.45. The first-order valence-electron chi connectivity index (χ1n) is 13.2. The van der Waals surface area contributed by atoms with Crippen LogP contribution in [0.3, 0.4) is 0 Å². The molecule has 8 nitrogen and oxygen atoms in total. The van der Waals surface area contributed by atoms with Crippen LogP contribution < -0.4 is 20.4 Å². The standard InChI is InChI=1S/C28H34BF2N5O3/c1-25(2)26(3,4)39-29(38-25)18-7-9-19(10-8-18)32-24-33-23(34-35(24)5)21-12-11-20(13-22(21)37-6)36-16-27(17-36)14-28(30,31)15-27/h7-13H,14-17H2,1-6H3,(H,32,33,34). The second-order valence-corrected chi connectivity index (χ2v) is 12.2. The molecule has 1 N–H and O–H groups in total. The molecule has 0 radical (unpaired) electrons. The number of anilines is 3. The van der Waals surface area contributed by atoms with Gasteiger partial charge in [-0.1, -0.05) is 12.1 Å². The normalized spacial score (nSPS) is 21.9. The first-order valence-corrected chi connectivity index (χ1v) is 13.2. The lowest BCUT2D eigenvalue weighted by Gasteiger charge is -2.59. The minimum absolute atomic E-state index is 0.0133. The zero-order valence-corrected chi connectivity index (χ0v) is 23.2. The SMILES string of the molecule is COc1cc(N2CC3(C2)CC(F)(F)C3)ccc1-c1nc(Nc2ccc(B3OC(C)(C)C(C)(C)O3)cc2)n(C)n1. The number of halogens is 2. The molecule has 0 unspecified atom stereocenters. The molecule has 1 aromatic heterocycles. The second kappa shape index (κ2) is 8.66. The fourth-order valence-electron chi connectivity index (χ4n) is 5.72. The second-order valence-electron chi connectivity index (χ2n) is 12.2. The van der Waals surface area contributed by atoms with Gasteiger partial charge in [-0.25, -0.2) is 13.5 Å². The van der Waals surface area contributed by atoms with Gasteiger partial charge in [0, 0.05) is 55.8 Å². The van der Waals surface area contributed by atoms with Crippen LogP contribution in [0.1, 0.15) is 40.5 Å². The Balaban J connectivity index is 1.14. The fourth-order valence-corrected chi connectivity index (χ4v) is 5.72. The summed E-state index contributed by atoms with van der Waals surface area (Å²) in [7, 11) is 3.01. The van der Waals surface area contributed by atoms with Crippen LogP contribution in [-0.4, -0.2) is 59.2 Å². The van der Waals surface area contributed by atoms with Gasteiger partial charge in [0.25, 0.3) is 0 Å². The van der Waals surface area contributed by atoms with Crippen LogP contribution in [0.15, 0.2) is 42.5 Å². The lowest BCUT2D eigenvalue weighted by atomic mass is 9.61. The van der Waals surface area contributed by atoms with Gasteiger partial charge in [-0.2, -0.15) is 4.98 Å². The zero-order chi connectivity index (χ0) is 27.8. The molecule has 39 heavy (non-hydrogen) atoms. The number of aryl methyl sites for hydroxylation is 1. The Morgan fingerprint density at radius 1 is 0.974 bits per heavy atom. The number of rotatable bonds is 6. The van der Waals surface area contributed by atoms with Gasteiger partial charge in [0.1, 0.15) is 5.75 Å². The van der Waals surface area contributed by atoms with Crippen LogP contribution in [0.5, 0.6) is 5.75 Å². The maximum atomic E-state index is 13.4. The molecule has 3 aliphatic rings. The number of hydrogen-bond acceptors (Lipinski definition) is 7. The molecule has 2 aromatic carbocycles. The molecule has 3 heterocycles. The number of methoxy groups -OCH3 is 1. The first kappa shape index (κ1) is 26.1. The number of alkyl halides is 2. The summed E-state index contributed by atoms with van der Waals surface area (Å²) in [5, 5.41) is 7.92. The molecule has 0 atom stereocenters. The van der Waals surface area contributed by atoms with Crippen molar-refractivity contribution in [2.24, 2.45) is 12.5 Å². The Bertz CT molecular complexity index is 1380. The summed E-state index contributed by atoms with van der Waals surface area (Å²) in [6.07, 6.45) is -0.0266. The monoisotopic (exact) mass is 537 g/mol. The van der Waals surface area contributed by atoms with E-state index < -0.39 is 24.2 Å². The summed E-state index contributed by atoms with van der Waals surface area (Å²) in [5.74, 6) is -0.762. The third kappa shape index (κ3) is 4.55. The third-order valence-corrected chi connectivity index (χ3v) is 8.57. The average molecular weight is 537 g/mol. The molecule has 1 spiro atoms. The maximum absolute atomic E-state index is 13.4. The number of nitrogens with one attached hydrogen (secondary N) is 1. The highest BCUT2D eigenvalue weighted by atomic mass is 19.3. The number of nitrogens with zero attached hydrogens (tertiary/aromatic N) is 4. The molecule has 11 heteroatoms. The lowest BCUT2D eigenvalue weighted by molar-refractivity contribution is -0.170. The van der Waals surface area contributed by atoms with Crippen LogP contribution in [-0.2, 0) is 16.4 Å². The Hall–Kier alpha value is -3.18. The van der Waals surface area contributed by atoms with E-state index in [0.29, 0.717) is 30.6 Å². The third-order valence-electron chi connectivity index (χ3n) is 8.57. The van der Waals surface area contributed by atoms with Crippen LogP contribution in [0, 0.1) is 5.41 Å². The van der Waals surface area contributed by atoms with Gasteiger partial charge in [0.15, 0.2) is 5.82 Å². The summed E-state index contributed by atoms with van der Waals surface area (Å²) in [4.78, 5) is 6.83. The van der Waals surface area contributed by atoms with E-state index in [1.165, 1.54) is 0 Å². The molecule has 0 bridgehead atoms. The first-order chi connectivity index (χ1) is 18.3. The Labute approximate surface area is 227 Å². The minimum Gasteiger partial charge on any atom is -0.496 e. The molecule has 206 valence electrons. The van der Waals surface area contributed by atoms with Gasteiger partial charge in [-0.15, -0.1) is 5.10 Å². The summed E-state index contributed by atoms with van der Waals surface area (Å²) >= 11 is 0. The molecular formula is C28H34BF2N5O3. The van der Waals surface area contributed by atoms with Crippen molar-refractivity contribution in [2.45, 2.75) is 57.7 Å². The van der Waals surface area contributed by atoms with Gasteiger partial charge in [0.2, 0.25) is 11.9 Å². The molecule has 2 aliphatic heterocycles. The number of benzene rings is 2. The van der Waals surface area contributed by atoms with Crippen molar-refractivity contribution >= 4 is 29.9 Å². The van der Waals surface area contributed by atoms with Crippen molar-refractivity contribution in [1.29, 1.82) is 0 Å². The van der Waals surface area contributed by atoms with Crippen molar-refractivity contribution in [1.82, 2.24) is 14.8 Å². The molecule has 2 saturated heterocycles. The highest BCUT2D eigenvalue weighted by molar-refractivity contribution is 6.62. The smallest absolute Gasteiger partial charge is 0.494 e. The van der Waals surface area contributed by atoms with Crippen molar-refractivity contribution in [3.8, 4) is 17.1 Å². The molecule has 3 fully saturated rings. The topological polar surface area (TPSA) is 73.7 Å². The Kier molecular flexibility index (Phi) is 5.79. The van der Waals surface area contributed by atoms with E-state index in [-0.39, 0.29) is 18.3 Å². The molecular weight excluding hydrogens is 503 g/mol. The van der Waals surface area contributed by atoms with Crippen molar-refractivity contribution in [2.75, 3.05) is 30.4 Å². The molecule has 1 saturated carbocycles. The summed E-state index contributed by atoms with van der Waals surface area (Å²) in [5.41, 5.74) is 2.48. The van der Waals surface area contributed by atoms with Crippen LogP contribution in [0.25, 0.3) is 11.4 Å². The molecule has 0 amide bonds. The van der Waals surface area contributed by atoms with E-state index in [2.05, 4.69) is 15.3 Å². The predicted molar refractivity (Wildman–Crippen MR) is 147 cm³/mol. The van der Waals surface area contributed by atoms with E-state index in [4.69, 9.17) is 19.0 Å². The van der Waals surface area contributed by atoms with Crippen LogP contribution in [0.4, 0.5) is 26.1 Å². The predicted octanol–water partition coefficient (Wildman–Crippen LogP) is 4.77. The van der Waals surface area contributed by atoms with Gasteiger partial charge < -0.3 is 24.3 Å². The van der Waals surface area contributed by atoms with Crippen molar-refractivity contribution in [3.63, 3.8) is 0 Å². The quantitative estimate of drug-likeness (QED) is 0.455. The average Bonchev–Trinajstić information content (AvgIpc) is 3.30. The lowest BCUT2D eigenvalue weighted by Crippen LogP contribution is -2.66. The van der Waals surface area contributed by atoms with E-state index >= 15 is 0 Å². The van der Waals surface area contributed by atoms with Gasteiger partial charge >= 0.3 is 7.12 Å². The van der Waals surface area contributed by atoms with E-state index in [9.17, 15) is 8.78 Å². The van der Waals surface area contributed by atoms with Crippen LogP contribution in [0.2, 0.25) is 0 Å². The molecule has 3 aromatic rings. The van der Waals surface area contributed by atoms with Gasteiger partial charge in [0.05, 0.1) is 23.9 Å². The Morgan fingerprint density at radius 2 is 1.62 bits per heavy atom. The van der Waals surface area contributed by atoms with Crippen molar-refractivity contribution in [3.05, 3.63) is 42.5 Å². The van der Waals surface area contributed by atoms with Gasteiger partial charge in [-0.3, -0.25) is 0 Å². The highest BCUT2D eigenvalue weighted by Gasteiger charge is 2.61. The van der Waals surface area contributed by atoms with E-state index in [1.54, 1.807) is 11.8 Å². The Morgan fingerprint density at radius 3 is 2.21 bits per heavy atom. The minimum atomic E-state index is -2.50. The van der Waals surface area contributed by atoms with E-state index in [1.807, 2.05) is 77.2 Å². The fraction of sp³-hybridized carbons (Fsp3) is 0.500. The molecule has 6 rings (SSSR count). The van der Waals surface area contributed by atoms with Crippen LogP contribution >= 0.6 is 0 Å². The van der Waals surface area contributed by atoms with Gasteiger partial charge in [-0.05, 0) is 57.4 Å². The maximum Gasteiger partial charge on any atom is 0.494 e. The molecule has 1 aliphatic carbocycles. The summed E-state index contributed by atoms with van der Waals surface area (Å²) in [6, 6.07) is 13.7. The highest BCUT2D eigenvalue weighted by Crippen LogP contribution is 2.57. The number of aromatic nitrogens is 3. The summed E-state index contributed by atoms with van der Waals surface area (Å²) < 4.78 is 46.4. The van der Waals surface area contributed by atoms with Crippen molar-refractivity contribution < 1.29 is 22.8 Å². The van der Waals surface area contributed by atoms with E-state index in [0.717, 1.165) is 22.4 Å². The largest absolute Gasteiger partial charge is 0.496 e. The number of ether oxygens (including phenoxy) is 1. The number of hydrogen-bond donors (Lipinski definition) is 1. The zero-order valence-electron chi connectivity index (χ0n) is 23.2.